The van der Waals surface area contributed by atoms with E-state index < -0.39 is 0 Å². The summed E-state index contributed by atoms with van der Waals surface area (Å²) in [6.45, 7) is 0.721. The van der Waals surface area contributed by atoms with Crippen LogP contribution in [0.5, 0.6) is 0 Å². The molecule has 0 amide bonds. The van der Waals surface area contributed by atoms with Crippen molar-refractivity contribution in [3.05, 3.63) is 62.3 Å². The molecule has 0 saturated carbocycles. The monoisotopic (exact) mass is 352 g/mol. The highest BCUT2D eigenvalue weighted by molar-refractivity contribution is 9.10. The van der Waals surface area contributed by atoms with Gasteiger partial charge in [-0.2, -0.15) is 0 Å². The molecule has 0 aliphatic heterocycles. The second-order valence-electron chi connectivity index (χ2n) is 4.31. The summed E-state index contributed by atoms with van der Waals surface area (Å²) in [5.74, 6) is 0. The van der Waals surface area contributed by atoms with E-state index in [-0.39, 0.29) is 0 Å². The molecule has 2 nitrogen and oxygen atoms in total. The van der Waals surface area contributed by atoms with E-state index in [1.807, 2.05) is 30.3 Å². The number of rotatable bonds is 2. The van der Waals surface area contributed by atoms with Crippen LogP contribution in [0.4, 0.5) is 0 Å². The number of aromatic amines is 1. The smallest absolute Gasteiger partial charge is 0.178 e. The minimum atomic E-state index is 0.706. The Hall–Kier alpha value is -1.10. The number of H-pyrrole nitrogens is 1. The molecule has 0 aliphatic carbocycles. The van der Waals surface area contributed by atoms with E-state index in [0.717, 1.165) is 22.1 Å². The number of nitrogens with zero attached hydrogens (tertiary/aromatic N) is 1. The first kappa shape index (κ1) is 12.9. The van der Waals surface area contributed by atoms with Crippen LogP contribution in [0, 0.1) is 4.77 Å². The lowest BCUT2D eigenvalue weighted by atomic mass is 10.2. The third-order valence-electron chi connectivity index (χ3n) is 2.97. The molecule has 2 aromatic carbocycles. The first-order valence-corrected chi connectivity index (χ1v) is 7.34. The quantitative estimate of drug-likeness (QED) is 0.631. The zero-order valence-electron chi connectivity index (χ0n) is 9.86. The van der Waals surface area contributed by atoms with E-state index >= 15 is 0 Å². The lowest BCUT2D eigenvalue weighted by molar-refractivity contribution is 0.810. The number of benzene rings is 2. The molecule has 0 radical (unpaired) electrons. The molecule has 5 heteroatoms. The predicted molar refractivity (Wildman–Crippen MR) is 85.4 cm³/mol. The van der Waals surface area contributed by atoms with Crippen molar-refractivity contribution in [3.8, 4) is 0 Å². The first-order valence-electron chi connectivity index (χ1n) is 5.76. The second-order valence-corrected chi connectivity index (χ2v) is 6.05. The third kappa shape index (κ3) is 2.61. The Kier molecular flexibility index (Phi) is 3.48. The van der Waals surface area contributed by atoms with E-state index in [1.54, 1.807) is 0 Å². The van der Waals surface area contributed by atoms with E-state index in [0.29, 0.717) is 9.79 Å². The van der Waals surface area contributed by atoms with Gasteiger partial charge in [0, 0.05) is 9.50 Å². The van der Waals surface area contributed by atoms with Gasteiger partial charge in [-0.15, -0.1) is 0 Å². The highest BCUT2D eigenvalue weighted by Crippen LogP contribution is 2.21. The fourth-order valence-corrected chi connectivity index (χ4v) is 2.99. The third-order valence-corrected chi connectivity index (χ3v) is 4.02. The van der Waals surface area contributed by atoms with E-state index in [4.69, 9.17) is 23.8 Å². The number of nitrogens with one attached hydrogen (secondary N) is 1. The number of halogens is 2. The molecule has 0 atom stereocenters. The van der Waals surface area contributed by atoms with Gasteiger partial charge in [-0.25, -0.2) is 0 Å². The maximum Gasteiger partial charge on any atom is 0.178 e. The van der Waals surface area contributed by atoms with Crippen LogP contribution in [0.1, 0.15) is 5.56 Å². The Bertz CT molecular complexity index is 807. The lowest BCUT2D eigenvalue weighted by Gasteiger charge is -2.05. The summed E-state index contributed by atoms with van der Waals surface area (Å²) in [5, 5.41) is 0.712. The highest BCUT2D eigenvalue weighted by atomic mass is 79.9. The number of hydrogen-bond donors (Lipinski definition) is 1. The molecule has 1 aromatic heterocycles. The molecule has 0 spiro atoms. The van der Waals surface area contributed by atoms with Gasteiger partial charge in [-0.3, -0.25) is 0 Å². The van der Waals surface area contributed by atoms with Gasteiger partial charge in [0.25, 0.3) is 0 Å². The Morgan fingerprint density at radius 3 is 2.84 bits per heavy atom. The van der Waals surface area contributed by atoms with Crippen LogP contribution < -0.4 is 0 Å². The first-order chi connectivity index (χ1) is 9.13. The summed E-state index contributed by atoms with van der Waals surface area (Å²) in [4.78, 5) is 3.20. The molecular formula is C14H10BrClN2S. The molecule has 0 bridgehead atoms. The van der Waals surface area contributed by atoms with Crippen molar-refractivity contribution in [1.82, 2.24) is 9.55 Å². The zero-order valence-corrected chi connectivity index (χ0v) is 13.0. The highest BCUT2D eigenvalue weighted by Gasteiger charge is 2.06. The normalized spacial score (nSPS) is 11.1. The van der Waals surface area contributed by atoms with Crippen molar-refractivity contribution in [3.63, 3.8) is 0 Å². The van der Waals surface area contributed by atoms with Crippen molar-refractivity contribution < 1.29 is 0 Å². The maximum absolute atomic E-state index is 6.06. The van der Waals surface area contributed by atoms with Gasteiger partial charge in [0.15, 0.2) is 4.77 Å². The Balaban J connectivity index is 2.12. The van der Waals surface area contributed by atoms with E-state index in [1.165, 1.54) is 5.56 Å². The standard InChI is InChI=1S/C14H10BrClN2S/c15-10-3-1-2-9(6-10)8-18-13-7-11(16)4-5-12(13)17-14(18)19/h1-7H,8H2,(H,17,19). The summed E-state index contributed by atoms with van der Waals surface area (Å²) in [5.41, 5.74) is 3.22. The van der Waals surface area contributed by atoms with Crippen molar-refractivity contribution in [2.75, 3.05) is 0 Å². The average molecular weight is 354 g/mol. The molecule has 0 fully saturated rings. The Morgan fingerprint density at radius 1 is 1.21 bits per heavy atom. The average Bonchev–Trinajstić information content (AvgIpc) is 2.66. The fraction of sp³-hybridized carbons (Fsp3) is 0.0714. The van der Waals surface area contributed by atoms with Gasteiger partial charge >= 0.3 is 0 Å². The summed E-state index contributed by atoms with van der Waals surface area (Å²) in [6.07, 6.45) is 0. The summed E-state index contributed by atoms with van der Waals surface area (Å²) < 4.78 is 3.82. The fourth-order valence-electron chi connectivity index (χ4n) is 2.10. The minimum Gasteiger partial charge on any atom is -0.331 e. The Morgan fingerprint density at radius 2 is 2.05 bits per heavy atom. The number of hydrogen-bond acceptors (Lipinski definition) is 1. The van der Waals surface area contributed by atoms with Crippen LogP contribution in [-0.4, -0.2) is 9.55 Å². The molecule has 3 rings (SSSR count). The van der Waals surface area contributed by atoms with Gasteiger partial charge in [-0.1, -0.05) is 39.7 Å². The molecule has 1 heterocycles. The second kappa shape index (κ2) is 5.12. The molecule has 0 aliphatic rings. The van der Waals surface area contributed by atoms with Crippen LogP contribution in [0.2, 0.25) is 5.02 Å². The zero-order chi connectivity index (χ0) is 13.4. The molecule has 96 valence electrons. The van der Waals surface area contributed by atoms with Crippen LogP contribution in [-0.2, 0) is 6.54 Å². The summed E-state index contributed by atoms with van der Waals surface area (Å²) in [7, 11) is 0. The number of aromatic nitrogens is 2. The van der Waals surface area contributed by atoms with Crippen molar-refractivity contribution in [2.24, 2.45) is 0 Å². The van der Waals surface area contributed by atoms with Crippen LogP contribution in [0.15, 0.2) is 46.9 Å². The van der Waals surface area contributed by atoms with Crippen LogP contribution in [0.25, 0.3) is 11.0 Å². The molecule has 0 unspecified atom stereocenters. The molecule has 19 heavy (non-hydrogen) atoms. The largest absolute Gasteiger partial charge is 0.331 e. The molecule has 0 saturated heterocycles. The number of fused-ring (bicyclic) bond motifs is 1. The molecular weight excluding hydrogens is 344 g/mol. The molecule has 1 N–H and O–H groups in total. The van der Waals surface area contributed by atoms with Gasteiger partial charge in [-0.05, 0) is 48.1 Å². The van der Waals surface area contributed by atoms with Crippen LogP contribution in [0.3, 0.4) is 0 Å². The van der Waals surface area contributed by atoms with Gasteiger partial charge in [0.2, 0.25) is 0 Å². The van der Waals surface area contributed by atoms with Gasteiger partial charge < -0.3 is 9.55 Å². The van der Waals surface area contributed by atoms with E-state index in [9.17, 15) is 0 Å². The minimum absolute atomic E-state index is 0.706. The SMILES string of the molecule is S=c1[nH]c2ccc(Cl)cc2n1Cc1cccc(Br)c1. The lowest BCUT2D eigenvalue weighted by Crippen LogP contribution is -1.99. The van der Waals surface area contributed by atoms with E-state index in [2.05, 4.69) is 37.6 Å². The maximum atomic E-state index is 6.06. The summed E-state index contributed by atoms with van der Waals surface area (Å²) >= 11 is 14.9. The Labute approximate surface area is 129 Å². The summed E-state index contributed by atoms with van der Waals surface area (Å²) in [6, 6.07) is 13.9. The topological polar surface area (TPSA) is 20.7 Å². The van der Waals surface area contributed by atoms with Crippen molar-refractivity contribution >= 4 is 50.8 Å². The van der Waals surface area contributed by atoms with Gasteiger partial charge in [0.05, 0.1) is 17.6 Å². The number of imidazole rings is 1. The van der Waals surface area contributed by atoms with Crippen molar-refractivity contribution in [1.29, 1.82) is 0 Å². The molecule has 3 aromatic rings. The van der Waals surface area contributed by atoms with Gasteiger partial charge in [0.1, 0.15) is 0 Å². The van der Waals surface area contributed by atoms with Crippen LogP contribution >= 0.6 is 39.7 Å². The predicted octanol–water partition coefficient (Wildman–Crippen LogP) is 5.16. The van der Waals surface area contributed by atoms with Crippen molar-refractivity contribution in [2.45, 2.75) is 6.54 Å².